The van der Waals surface area contributed by atoms with Gasteiger partial charge < -0.3 is 5.32 Å². The highest BCUT2D eigenvalue weighted by molar-refractivity contribution is 9.10. The molecule has 110 valence electrons. The van der Waals surface area contributed by atoms with Crippen molar-refractivity contribution in [2.75, 3.05) is 11.9 Å². The van der Waals surface area contributed by atoms with Crippen LogP contribution in [0.2, 0.25) is 0 Å². The first-order valence-electron chi connectivity index (χ1n) is 7.13. The van der Waals surface area contributed by atoms with E-state index in [1.54, 1.807) is 6.92 Å². The maximum absolute atomic E-state index is 10.8. The Bertz CT molecular complexity index is 488. The zero-order chi connectivity index (χ0) is 14.5. The van der Waals surface area contributed by atoms with E-state index in [4.69, 9.17) is 0 Å². The first-order valence-corrected chi connectivity index (χ1v) is 7.92. The second kappa shape index (κ2) is 7.02. The minimum absolute atomic E-state index is 0.0507. The largest absolute Gasteiger partial charge is 0.369 e. The molecule has 0 atom stereocenters. The van der Waals surface area contributed by atoms with Crippen LogP contribution < -0.4 is 5.32 Å². The number of hydrogen-bond acceptors (Lipinski definition) is 4. The van der Waals surface area contributed by atoms with Gasteiger partial charge in [-0.1, -0.05) is 32.1 Å². The number of hydrogen-bond donors (Lipinski definition) is 1. The topological polar surface area (TPSA) is 68.1 Å². The number of nitro groups is 1. The van der Waals surface area contributed by atoms with Gasteiger partial charge in [0.15, 0.2) is 0 Å². The Kier molecular flexibility index (Phi) is 5.34. The normalized spacial score (nSPS) is 16.1. The molecule has 1 aromatic rings. The van der Waals surface area contributed by atoms with Crippen molar-refractivity contribution in [2.24, 2.45) is 5.92 Å². The van der Waals surface area contributed by atoms with Crippen LogP contribution in [0.4, 0.5) is 11.5 Å². The Labute approximate surface area is 127 Å². The summed E-state index contributed by atoms with van der Waals surface area (Å²) in [4.78, 5) is 14.6. The Morgan fingerprint density at radius 3 is 2.80 bits per heavy atom. The number of pyridine rings is 1. The summed E-state index contributed by atoms with van der Waals surface area (Å²) in [5.41, 5.74) is 0.667. The molecule has 1 aromatic heterocycles. The monoisotopic (exact) mass is 341 g/mol. The van der Waals surface area contributed by atoms with Gasteiger partial charge in [-0.05, 0) is 35.2 Å². The summed E-state index contributed by atoms with van der Waals surface area (Å²) in [6.45, 7) is 2.60. The average Bonchev–Trinajstić information content (AvgIpc) is 2.44. The Balaban J connectivity index is 1.92. The molecule has 0 saturated heterocycles. The number of nitrogens with one attached hydrogen (secondary N) is 1. The van der Waals surface area contributed by atoms with Crippen LogP contribution in [0.15, 0.2) is 10.7 Å². The minimum atomic E-state index is -0.404. The van der Waals surface area contributed by atoms with Gasteiger partial charge in [-0.15, -0.1) is 0 Å². The van der Waals surface area contributed by atoms with Crippen LogP contribution in [0.25, 0.3) is 0 Å². The second-order valence-corrected chi connectivity index (χ2v) is 6.20. The molecular formula is C14H20BrN3O2. The maximum Gasteiger partial charge on any atom is 0.291 e. The van der Waals surface area contributed by atoms with Crippen molar-refractivity contribution in [1.82, 2.24) is 4.98 Å². The molecule has 0 unspecified atom stereocenters. The molecule has 0 bridgehead atoms. The lowest BCUT2D eigenvalue weighted by atomic mass is 9.87. The van der Waals surface area contributed by atoms with Crippen LogP contribution in [0, 0.1) is 23.0 Å². The number of nitrogens with zero attached hydrogens (tertiary/aromatic N) is 2. The van der Waals surface area contributed by atoms with Gasteiger partial charge in [-0.3, -0.25) is 10.1 Å². The van der Waals surface area contributed by atoms with Crippen molar-refractivity contribution in [2.45, 2.75) is 45.4 Å². The lowest BCUT2D eigenvalue weighted by Crippen LogP contribution is -2.13. The van der Waals surface area contributed by atoms with Crippen LogP contribution in [-0.2, 0) is 0 Å². The Morgan fingerprint density at radius 1 is 1.45 bits per heavy atom. The summed E-state index contributed by atoms with van der Waals surface area (Å²) in [6, 6.07) is 0. The van der Waals surface area contributed by atoms with Gasteiger partial charge in [0.25, 0.3) is 5.69 Å². The highest BCUT2D eigenvalue weighted by atomic mass is 79.9. The first-order chi connectivity index (χ1) is 9.59. The van der Waals surface area contributed by atoms with Gasteiger partial charge in [0.05, 0.1) is 9.40 Å². The van der Waals surface area contributed by atoms with E-state index >= 15 is 0 Å². The second-order valence-electron chi connectivity index (χ2n) is 5.41. The van der Waals surface area contributed by atoms with Crippen molar-refractivity contribution >= 4 is 27.4 Å². The molecule has 0 amide bonds. The van der Waals surface area contributed by atoms with Crippen LogP contribution in [0.5, 0.6) is 0 Å². The fraction of sp³-hybridized carbons (Fsp3) is 0.643. The summed E-state index contributed by atoms with van der Waals surface area (Å²) in [7, 11) is 0. The maximum atomic E-state index is 10.8. The molecule has 1 saturated carbocycles. The van der Waals surface area contributed by atoms with Gasteiger partial charge in [0, 0.05) is 12.1 Å². The van der Waals surface area contributed by atoms with Crippen molar-refractivity contribution in [3.8, 4) is 0 Å². The predicted octanol–water partition coefficient (Wildman–Crippen LogP) is 4.44. The molecule has 0 aliphatic heterocycles. The summed E-state index contributed by atoms with van der Waals surface area (Å²) in [5, 5.41) is 14.1. The smallest absolute Gasteiger partial charge is 0.291 e. The standard InChI is InChI=1S/C14H20BrN3O2/c1-10-12(18(19)20)9-17-14(13(10)15)16-8-7-11-5-3-2-4-6-11/h9,11H,2-8H2,1H3,(H,16,17). The van der Waals surface area contributed by atoms with Gasteiger partial charge in [0.2, 0.25) is 0 Å². The highest BCUT2D eigenvalue weighted by Gasteiger charge is 2.17. The van der Waals surface area contributed by atoms with Crippen LogP contribution in [0.1, 0.15) is 44.1 Å². The lowest BCUT2D eigenvalue weighted by Gasteiger charge is -2.21. The van der Waals surface area contributed by atoms with Crippen molar-refractivity contribution in [1.29, 1.82) is 0 Å². The van der Waals surface area contributed by atoms with Crippen molar-refractivity contribution in [3.05, 3.63) is 26.3 Å². The van der Waals surface area contributed by atoms with E-state index in [9.17, 15) is 10.1 Å². The zero-order valence-electron chi connectivity index (χ0n) is 11.7. The average molecular weight is 342 g/mol. The van der Waals surface area contributed by atoms with E-state index in [2.05, 4.69) is 26.2 Å². The minimum Gasteiger partial charge on any atom is -0.369 e. The van der Waals surface area contributed by atoms with Gasteiger partial charge in [0.1, 0.15) is 12.0 Å². The molecule has 2 rings (SSSR count). The van der Waals surface area contributed by atoms with E-state index in [-0.39, 0.29) is 5.69 Å². The van der Waals surface area contributed by atoms with E-state index < -0.39 is 4.92 Å². The molecule has 1 fully saturated rings. The van der Waals surface area contributed by atoms with Crippen LogP contribution in [0.3, 0.4) is 0 Å². The Morgan fingerprint density at radius 2 is 2.15 bits per heavy atom. The molecule has 0 aromatic carbocycles. The predicted molar refractivity (Wildman–Crippen MR) is 83.0 cm³/mol. The highest BCUT2D eigenvalue weighted by Crippen LogP contribution is 2.31. The van der Waals surface area contributed by atoms with Crippen molar-refractivity contribution in [3.63, 3.8) is 0 Å². The molecular weight excluding hydrogens is 322 g/mol. The zero-order valence-corrected chi connectivity index (χ0v) is 13.3. The summed E-state index contributed by atoms with van der Waals surface area (Å²) < 4.78 is 0.690. The van der Waals surface area contributed by atoms with Gasteiger partial charge in [-0.25, -0.2) is 4.98 Å². The van der Waals surface area contributed by atoms with E-state index in [1.165, 1.54) is 38.3 Å². The third-order valence-electron chi connectivity index (χ3n) is 4.00. The van der Waals surface area contributed by atoms with Crippen LogP contribution in [-0.4, -0.2) is 16.5 Å². The summed E-state index contributed by atoms with van der Waals surface area (Å²) >= 11 is 3.40. The fourth-order valence-electron chi connectivity index (χ4n) is 2.75. The quantitative estimate of drug-likeness (QED) is 0.634. The number of anilines is 1. The number of rotatable bonds is 5. The molecule has 1 heterocycles. The SMILES string of the molecule is Cc1c([N+](=O)[O-])cnc(NCCC2CCCCC2)c1Br. The molecule has 1 N–H and O–H groups in total. The molecule has 1 aliphatic carbocycles. The number of aromatic nitrogens is 1. The first kappa shape index (κ1) is 15.2. The Hall–Kier alpha value is -1.17. The van der Waals surface area contributed by atoms with Crippen molar-refractivity contribution < 1.29 is 4.92 Å². The van der Waals surface area contributed by atoms with Gasteiger partial charge in [-0.2, -0.15) is 0 Å². The summed E-state index contributed by atoms with van der Waals surface area (Å²) in [6.07, 6.45) is 9.20. The third kappa shape index (κ3) is 3.69. The van der Waals surface area contributed by atoms with Gasteiger partial charge >= 0.3 is 0 Å². The fourth-order valence-corrected chi connectivity index (χ4v) is 3.19. The number of halogens is 1. The van der Waals surface area contributed by atoms with E-state index in [1.807, 2.05) is 0 Å². The molecule has 0 spiro atoms. The van der Waals surface area contributed by atoms with E-state index in [0.717, 1.165) is 18.9 Å². The molecule has 1 aliphatic rings. The molecule has 20 heavy (non-hydrogen) atoms. The molecule has 6 heteroatoms. The third-order valence-corrected chi connectivity index (χ3v) is 4.97. The van der Waals surface area contributed by atoms with Crippen LogP contribution >= 0.6 is 15.9 Å². The summed E-state index contributed by atoms with van der Waals surface area (Å²) in [5.74, 6) is 1.51. The van der Waals surface area contributed by atoms with E-state index in [0.29, 0.717) is 15.9 Å². The molecule has 0 radical (unpaired) electrons. The molecule has 5 nitrogen and oxygen atoms in total. The lowest BCUT2D eigenvalue weighted by molar-refractivity contribution is -0.385.